The Hall–Kier alpha value is -2.49. The molecule has 0 bridgehead atoms. The third-order valence-electron chi connectivity index (χ3n) is 3.10. The molecule has 0 radical (unpaired) electrons. The summed E-state index contributed by atoms with van der Waals surface area (Å²) in [5, 5.41) is 2.76. The Morgan fingerprint density at radius 1 is 1.19 bits per heavy atom. The standard InChI is InChI=1S/C17H20N2O2/c1-2-19-17(20)14-8-9-15(18)16(12-14)21-11-10-13-6-4-3-5-7-13/h3-9,12H,2,10-11,18H2,1H3,(H,19,20). The van der Waals surface area contributed by atoms with Crippen LogP contribution in [0, 0.1) is 0 Å². The Morgan fingerprint density at radius 3 is 2.67 bits per heavy atom. The van der Waals surface area contributed by atoms with Crippen LogP contribution in [-0.4, -0.2) is 19.1 Å². The molecule has 0 heterocycles. The zero-order valence-electron chi connectivity index (χ0n) is 12.1. The first-order chi connectivity index (χ1) is 10.2. The Kier molecular flexibility index (Phi) is 5.21. The molecule has 0 unspecified atom stereocenters. The summed E-state index contributed by atoms with van der Waals surface area (Å²) in [6, 6.07) is 15.2. The lowest BCUT2D eigenvalue weighted by Crippen LogP contribution is -2.22. The number of rotatable bonds is 6. The van der Waals surface area contributed by atoms with Crippen molar-refractivity contribution >= 4 is 11.6 Å². The predicted molar refractivity (Wildman–Crippen MR) is 84.5 cm³/mol. The molecule has 0 aliphatic carbocycles. The minimum absolute atomic E-state index is 0.120. The van der Waals surface area contributed by atoms with E-state index in [4.69, 9.17) is 10.5 Å². The Morgan fingerprint density at radius 2 is 1.95 bits per heavy atom. The number of anilines is 1. The zero-order chi connectivity index (χ0) is 15.1. The summed E-state index contributed by atoms with van der Waals surface area (Å²) in [6.45, 7) is 2.99. The molecule has 2 rings (SSSR count). The highest BCUT2D eigenvalue weighted by Crippen LogP contribution is 2.23. The second-order valence-corrected chi connectivity index (χ2v) is 4.70. The lowest BCUT2D eigenvalue weighted by Gasteiger charge is -2.11. The van der Waals surface area contributed by atoms with Crippen LogP contribution in [0.15, 0.2) is 48.5 Å². The maximum absolute atomic E-state index is 11.8. The minimum atomic E-state index is -0.120. The highest BCUT2D eigenvalue weighted by molar-refractivity contribution is 5.95. The Labute approximate surface area is 124 Å². The van der Waals surface area contributed by atoms with E-state index in [1.54, 1.807) is 18.2 Å². The van der Waals surface area contributed by atoms with Gasteiger partial charge in [-0.15, -0.1) is 0 Å². The van der Waals surface area contributed by atoms with Crippen LogP contribution < -0.4 is 15.8 Å². The van der Waals surface area contributed by atoms with E-state index in [-0.39, 0.29) is 5.91 Å². The highest BCUT2D eigenvalue weighted by Gasteiger charge is 2.08. The number of hydrogen-bond acceptors (Lipinski definition) is 3. The lowest BCUT2D eigenvalue weighted by molar-refractivity contribution is 0.0955. The van der Waals surface area contributed by atoms with Gasteiger partial charge < -0.3 is 15.8 Å². The summed E-state index contributed by atoms with van der Waals surface area (Å²) in [5.74, 6) is 0.431. The van der Waals surface area contributed by atoms with Crippen molar-refractivity contribution in [2.24, 2.45) is 0 Å². The molecular formula is C17H20N2O2. The molecule has 0 saturated heterocycles. The van der Waals surface area contributed by atoms with Crippen LogP contribution in [-0.2, 0) is 6.42 Å². The predicted octanol–water partition coefficient (Wildman–Crippen LogP) is 2.64. The SMILES string of the molecule is CCNC(=O)c1ccc(N)c(OCCc2ccccc2)c1. The third-order valence-corrected chi connectivity index (χ3v) is 3.10. The molecule has 0 aliphatic rings. The van der Waals surface area contributed by atoms with Gasteiger partial charge in [0.1, 0.15) is 5.75 Å². The number of amides is 1. The van der Waals surface area contributed by atoms with Crippen molar-refractivity contribution in [2.45, 2.75) is 13.3 Å². The molecule has 2 aromatic carbocycles. The summed E-state index contributed by atoms with van der Waals surface area (Å²) < 4.78 is 5.70. The van der Waals surface area contributed by atoms with Crippen molar-refractivity contribution in [3.8, 4) is 5.75 Å². The summed E-state index contributed by atoms with van der Waals surface area (Å²) >= 11 is 0. The second-order valence-electron chi connectivity index (χ2n) is 4.70. The summed E-state index contributed by atoms with van der Waals surface area (Å²) in [6.07, 6.45) is 0.797. The fourth-order valence-corrected chi connectivity index (χ4v) is 1.99. The van der Waals surface area contributed by atoms with Crippen molar-refractivity contribution in [1.82, 2.24) is 5.32 Å². The van der Waals surface area contributed by atoms with Gasteiger partial charge in [-0.3, -0.25) is 4.79 Å². The number of nitrogen functional groups attached to an aromatic ring is 1. The first-order valence-corrected chi connectivity index (χ1v) is 7.05. The lowest BCUT2D eigenvalue weighted by atomic mass is 10.1. The Bertz CT molecular complexity index is 597. The van der Waals surface area contributed by atoms with Crippen LogP contribution in [0.5, 0.6) is 5.75 Å². The van der Waals surface area contributed by atoms with Crippen molar-refractivity contribution in [2.75, 3.05) is 18.9 Å². The first-order valence-electron chi connectivity index (χ1n) is 7.05. The topological polar surface area (TPSA) is 64.4 Å². The van der Waals surface area contributed by atoms with E-state index < -0.39 is 0 Å². The molecule has 0 aromatic heterocycles. The van der Waals surface area contributed by atoms with Gasteiger partial charge in [-0.05, 0) is 30.7 Å². The van der Waals surface area contributed by atoms with Gasteiger partial charge in [0.25, 0.3) is 5.91 Å². The second kappa shape index (κ2) is 7.33. The van der Waals surface area contributed by atoms with Crippen molar-refractivity contribution < 1.29 is 9.53 Å². The molecule has 2 aromatic rings. The van der Waals surface area contributed by atoms with Gasteiger partial charge in [-0.1, -0.05) is 30.3 Å². The number of carbonyl (C=O) groups excluding carboxylic acids is 1. The van der Waals surface area contributed by atoms with E-state index in [2.05, 4.69) is 17.4 Å². The maximum Gasteiger partial charge on any atom is 0.251 e. The average molecular weight is 284 g/mol. The van der Waals surface area contributed by atoms with Gasteiger partial charge >= 0.3 is 0 Å². The maximum atomic E-state index is 11.8. The third kappa shape index (κ3) is 4.24. The molecule has 0 aliphatic heterocycles. The van der Waals surface area contributed by atoms with Gasteiger partial charge in [0, 0.05) is 18.5 Å². The number of nitrogens with one attached hydrogen (secondary N) is 1. The quantitative estimate of drug-likeness (QED) is 0.801. The van der Waals surface area contributed by atoms with E-state index in [1.165, 1.54) is 5.56 Å². The van der Waals surface area contributed by atoms with Gasteiger partial charge in [0.2, 0.25) is 0 Å². The largest absolute Gasteiger partial charge is 0.491 e. The Balaban J connectivity index is 1.99. The number of hydrogen-bond donors (Lipinski definition) is 2. The van der Waals surface area contributed by atoms with Gasteiger partial charge in [-0.2, -0.15) is 0 Å². The molecule has 1 amide bonds. The van der Waals surface area contributed by atoms with Crippen molar-refractivity contribution in [3.63, 3.8) is 0 Å². The average Bonchev–Trinajstić information content (AvgIpc) is 2.50. The summed E-state index contributed by atoms with van der Waals surface area (Å²) in [4.78, 5) is 11.8. The van der Waals surface area contributed by atoms with E-state index in [0.29, 0.717) is 30.2 Å². The van der Waals surface area contributed by atoms with Crippen molar-refractivity contribution in [3.05, 3.63) is 59.7 Å². The molecule has 4 nitrogen and oxygen atoms in total. The van der Waals surface area contributed by atoms with Crippen LogP contribution in [0.3, 0.4) is 0 Å². The zero-order valence-corrected chi connectivity index (χ0v) is 12.1. The molecule has 4 heteroatoms. The smallest absolute Gasteiger partial charge is 0.251 e. The number of ether oxygens (including phenoxy) is 1. The monoisotopic (exact) mass is 284 g/mol. The fraction of sp³-hybridized carbons (Fsp3) is 0.235. The van der Waals surface area contributed by atoms with E-state index in [9.17, 15) is 4.79 Å². The van der Waals surface area contributed by atoms with Gasteiger partial charge in [0.15, 0.2) is 0 Å². The van der Waals surface area contributed by atoms with Gasteiger partial charge in [0.05, 0.1) is 12.3 Å². The molecule has 0 fully saturated rings. The van der Waals surface area contributed by atoms with Crippen molar-refractivity contribution in [1.29, 1.82) is 0 Å². The first kappa shape index (κ1) is 14.9. The van der Waals surface area contributed by atoms with E-state index in [0.717, 1.165) is 6.42 Å². The van der Waals surface area contributed by atoms with Crippen LogP contribution in [0.4, 0.5) is 5.69 Å². The molecule has 21 heavy (non-hydrogen) atoms. The summed E-state index contributed by atoms with van der Waals surface area (Å²) in [7, 11) is 0. The number of nitrogens with two attached hydrogens (primary N) is 1. The number of carbonyl (C=O) groups is 1. The van der Waals surface area contributed by atoms with E-state index >= 15 is 0 Å². The molecule has 0 saturated carbocycles. The normalized spacial score (nSPS) is 10.1. The summed E-state index contributed by atoms with van der Waals surface area (Å²) in [5.41, 5.74) is 8.19. The number of benzene rings is 2. The van der Waals surface area contributed by atoms with Crippen LogP contribution in [0.25, 0.3) is 0 Å². The van der Waals surface area contributed by atoms with E-state index in [1.807, 2.05) is 25.1 Å². The molecular weight excluding hydrogens is 264 g/mol. The highest BCUT2D eigenvalue weighted by atomic mass is 16.5. The van der Waals surface area contributed by atoms with Crippen LogP contribution in [0.2, 0.25) is 0 Å². The molecule has 3 N–H and O–H groups in total. The van der Waals surface area contributed by atoms with Crippen LogP contribution >= 0.6 is 0 Å². The molecule has 0 spiro atoms. The van der Waals surface area contributed by atoms with Gasteiger partial charge in [-0.25, -0.2) is 0 Å². The molecule has 110 valence electrons. The van der Waals surface area contributed by atoms with Crippen LogP contribution in [0.1, 0.15) is 22.8 Å². The minimum Gasteiger partial charge on any atom is -0.491 e. The fourth-order valence-electron chi connectivity index (χ4n) is 1.99. The molecule has 0 atom stereocenters.